The summed E-state index contributed by atoms with van der Waals surface area (Å²) >= 11 is 6.24. The van der Waals surface area contributed by atoms with Crippen molar-refractivity contribution in [3.8, 4) is 0 Å². The first-order valence-electron chi connectivity index (χ1n) is 6.11. The Morgan fingerprint density at radius 1 is 1.56 bits per heavy atom. The molecule has 96 valence electrons. The van der Waals surface area contributed by atoms with Crippen molar-refractivity contribution in [3.63, 3.8) is 0 Å². The molecule has 0 saturated carbocycles. The van der Waals surface area contributed by atoms with Crippen molar-refractivity contribution in [2.75, 3.05) is 12.4 Å². The summed E-state index contributed by atoms with van der Waals surface area (Å²) in [6.07, 6.45) is 5.04. The molecule has 1 rings (SSSR count). The third-order valence-corrected chi connectivity index (χ3v) is 3.44. The quantitative estimate of drug-likeness (QED) is 0.797. The number of benzene rings is 1. The number of hydrogen-bond donors (Lipinski definition) is 2. The van der Waals surface area contributed by atoms with Gasteiger partial charge in [-0.15, -0.1) is 0 Å². The zero-order valence-corrected chi connectivity index (χ0v) is 12.3. The Morgan fingerprint density at radius 2 is 2.22 bits per heavy atom. The normalized spacial score (nSPS) is 10.7. The van der Waals surface area contributed by atoms with E-state index in [2.05, 4.69) is 37.1 Å². The van der Waals surface area contributed by atoms with Crippen molar-refractivity contribution in [2.45, 2.75) is 20.3 Å². The maximum Gasteiger partial charge on any atom is 0.141 e. The van der Waals surface area contributed by atoms with Crippen molar-refractivity contribution in [2.24, 2.45) is 0 Å². The standard InChI is InChI=1S/C14H20BClN2/c1-5-6-7-18-14-9(2)13(15)12(16)8-11(14)10(3)17-4/h6-8,17-18H,3,5,15H2,1-2,4H3/b7-6+. The summed E-state index contributed by atoms with van der Waals surface area (Å²) in [6.45, 7) is 8.18. The molecule has 0 atom stereocenters. The second kappa shape index (κ2) is 6.55. The van der Waals surface area contributed by atoms with Gasteiger partial charge in [0.25, 0.3) is 0 Å². The zero-order chi connectivity index (χ0) is 13.7. The monoisotopic (exact) mass is 262 g/mol. The van der Waals surface area contributed by atoms with Crippen molar-refractivity contribution in [1.29, 1.82) is 0 Å². The maximum absolute atomic E-state index is 6.24. The van der Waals surface area contributed by atoms with Crippen molar-refractivity contribution < 1.29 is 0 Å². The van der Waals surface area contributed by atoms with Crippen LogP contribution in [-0.4, -0.2) is 14.9 Å². The molecule has 0 fully saturated rings. The van der Waals surface area contributed by atoms with E-state index in [0.29, 0.717) is 0 Å². The Balaban J connectivity index is 3.30. The minimum absolute atomic E-state index is 0.768. The maximum atomic E-state index is 6.24. The SMILES string of the molecule is Bc1c(Cl)cc(C(=C)NC)c(N/C=C/CC)c1C. The smallest absolute Gasteiger partial charge is 0.141 e. The van der Waals surface area contributed by atoms with E-state index in [1.54, 1.807) is 0 Å². The van der Waals surface area contributed by atoms with Gasteiger partial charge in [-0.25, -0.2) is 0 Å². The Kier molecular flexibility index (Phi) is 5.36. The fraction of sp³-hybridized carbons (Fsp3) is 0.286. The molecule has 0 radical (unpaired) electrons. The van der Waals surface area contributed by atoms with E-state index in [1.165, 1.54) is 0 Å². The van der Waals surface area contributed by atoms with Crippen LogP contribution in [0.5, 0.6) is 0 Å². The van der Waals surface area contributed by atoms with Crippen molar-refractivity contribution in [3.05, 3.63) is 41.1 Å². The third kappa shape index (κ3) is 3.11. The molecule has 1 aromatic carbocycles. The highest BCUT2D eigenvalue weighted by atomic mass is 35.5. The second-order valence-corrected chi connectivity index (χ2v) is 4.62. The molecule has 0 spiro atoms. The van der Waals surface area contributed by atoms with E-state index in [0.717, 1.165) is 39.4 Å². The van der Waals surface area contributed by atoms with Gasteiger partial charge >= 0.3 is 0 Å². The van der Waals surface area contributed by atoms with Crippen LogP contribution in [0, 0.1) is 6.92 Å². The lowest BCUT2D eigenvalue weighted by atomic mass is 9.87. The molecular weight excluding hydrogens is 242 g/mol. The fourth-order valence-electron chi connectivity index (χ4n) is 1.69. The molecule has 0 aliphatic carbocycles. The number of halogens is 1. The van der Waals surface area contributed by atoms with Gasteiger partial charge < -0.3 is 10.6 Å². The molecule has 0 aliphatic heterocycles. The zero-order valence-electron chi connectivity index (χ0n) is 11.5. The second-order valence-electron chi connectivity index (χ2n) is 4.21. The molecule has 0 saturated heterocycles. The van der Waals surface area contributed by atoms with Gasteiger partial charge in [-0.05, 0) is 31.2 Å². The highest BCUT2D eigenvalue weighted by molar-refractivity contribution is 6.46. The molecule has 0 aliphatic rings. The molecule has 0 aromatic heterocycles. The molecule has 0 unspecified atom stereocenters. The predicted molar refractivity (Wildman–Crippen MR) is 85.5 cm³/mol. The Bertz CT molecular complexity index is 481. The molecular formula is C14H20BClN2. The van der Waals surface area contributed by atoms with E-state index in [9.17, 15) is 0 Å². The van der Waals surface area contributed by atoms with Gasteiger partial charge in [0.05, 0.1) is 0 Å². The summed E-state index contributed by atoms with van der Waals surface area (Å²) in [6, 6.07) is 1.95. The van der Waals surface area contributed by atoms with E-state index in [-0.39, 0.29) is 0 Å². The van der Waals surface area contributed by atoms with Gasteiger partial charge in [-0.3, -0.25) is 0 Å². The molecule has 4 heteroatoms. The van der Waals surface area contributed by atoms with Crippen LogP contribution >= 0.6 is 11.6 Å². The molecule has 2 nitrogen and oxygen atoms in total. The van der Waals surface area contributed by atoms with Crippen LogP contribution in [0.15, 0.2) is 24.9 Å². The highest BCUT2D eigenvalue weighted by Crippen LogP contribution is 2.27. The van der Waals surface area contributed by atoms with E-state index in [1.807, 2.05) is 27.2 Å². The van der Waals surface area contributed by atoms with Crippen LogP contribution in [0.1, 0.15) is 24.5 Å². The highest BCUT2D eigenvalue weighted by Gasteiger charge is 2.12. The van der Waals surface area contributed by atoms with Gasteiger partial charge in [0.2, 0.25) is 0 Å². The average Bonchev–Trinajstić information content (AvgIpc) is 2.37. The summed E-state index contributed by atoms with van der Waals surface area (Å²) in [5.41, 5.74) is 5.16. The van der Waals surface area contributed by atoms with Crippen LogP contribution in [0.25, 0.3) is 5.70 Å². The third-order valence-electron chi connectivity index (χ3n) is 3.04. The Labute approximate surface area is 116 Å². The number of allylic oxidation sites excluding steroid dienone is 1. The van der Waals surface area contributed by atoms with Gasteiger partial charge in [0, 0.05) is 29.0 Å². The fourth-order valence-corrected chi connectivity index (χ4v) is 1.95. The average molecular weight is 263 g/mol. The molecule has 2 N–H and O–H groups in total. The minimum atomic E-state index is 0.768. The van der Waals surface area contributed by atoms with Gasteiger partial charge in [0.1, 0.15) is 7.85 Å². The Hall–Kier alpha value is -1.35. The van der Waals surface area contributed by atoms with Gasteiger partial charge in [0.15, 0.2) is 0 Å². The van der Waals surface area contributed by atoms with E-state index in [4.69, 9.17) is 11.6 Å². The van der Waals surface area contributed by atoms with Crippen molar-refractivity contribution in [1.82, 2.24) is 5.32 Å². The molecule has 1 aromatic rings. The first-order valence-corrected chi connectivity index (χ1v) is 6.49. The summed E-state index contributed by atoms with van der Waals surface area (Å²) < 4.78 is 0. The molecule has 0 amide bonds. The van der Waals surface area contributed by atoms with Crippen LogP contribution in [0.2, 0.25) is 5.02 Å². The topological polar surface area (TPSA) is 24.1 Å². The number of hydrogen-bond acceptors (Lipinski definition) is 2. The molecule has 0 bridgehead atoms. The summed E-state index contributed by atoms with van der Waals surface area (Å²) in [7, 11) is 3.88. The first kappa shape index (κ1) is 14.7. The number of nitrogens with one attached hydrogen (secondary N) is 2. The van der Waals surface area contributed by atoms with E-state index >= 15 is 0 Å². The predicted octanol–water partition coefficient (Wildman–Crippen LogP) is 2.43. The van der Waals surface area contributed by atoms with Crippen LogP contribution in [0.3, 0.4) is 0 Å². The van der Waals surface area contributed by atoms with Gasteiger partial charge in [-0.2, -0.15) is 0 Å². The largest absolute Gasteiger partial charge is 0.388 e. The number of anilines is 1. The lowest BCUT2D eigenvalue weighted by Crippen LogP contribution is -2.15. The summed E-state index contributed by atoms with van der Waals surface area (Å²) in [5.74, 6) is 0. The van der Waals surface area contributed by atoms with E-state index < -0.39 is 0 Å². The molecule has 18 heavy (non-hydrogen) atoms. The molecule has 0 heterocycles. The van der Waals surface area contributed by atoms with Crippen LogP contribution in [-0.2, 0) is 0 Å². The van der Waals surface area contributed by atoms with Crippen molar-refractivity contribution >= 4 is 36.3 Å². The Morgan fingerprint density at radius 3 is 2.78 bits per heavy atom. The van der Waals surface area contributed by atoms with Gasteiger partial charge in [-0.1, -0.05) is 36.6 Å². The lowest BCUT2D eigenvalue weighted by molar-refractivity contribution is 1.13. The number of rotatable bonds is 5. The van der Waals surface area contributed by atoms with Crippen LogP contribution in [0.4, 0.5) is 5.69 Å². The minimum Gasteiger partial charge on any atom is -0.388 e. The summed E-state index contributed by atoms with van der Waals surface area (Å²) in [4.78, 5) is 0. The van der Waals surface area contributed by atoms with Crippen LogP contribution < -0.4 is 16.1 Å². The lowest BCUT2D eigenvalue weighted by Gasteiger charge is -2.18. The first-order chi connectivity index (χ1) is 8.52. The summed E-state index contributed by atoms with van der Waals surface area (Å²) in [5, 5.41) is 7.16.